The molecule has 0 bridgehead atoms. The summed E-state index contributed by atoms with van der Waals surface area (Å²) < 4.78 is 34.4. The van der Waals surface area contributed by atoms with E-state index in [1.54, 1.807) is 29.2 Å². The van der Waals surface area contributed by atoms with Crippen LogP contribution >= 0.6 is 0 Å². The van der Waals surface area contributed by atoms with Crippen molar-refractivity contribution in [1.82, 2.24) is 4.90 Å². The molecule has 3 heterocycles. The number of nitrogens with zero attached hydrogens (tertiary/aromatic N) is 1. The fourth-order valence-electron chi connectivity index (χ4n) is 4.19. The summed E-state index contributed by atoms with van der Waals surface area (Å²) in [5, 5.41) is 9.22. The van der Waals surface area contributed by atoms with Gasteiger partial charge in [-0.05, 0) is 90.6 Å². The maximum atomic E-state index is 12.1. The first-order valence-electron chi connectivity index (χ1n) is 13.7. The molecule has 11 heteroatoms. The SMILES string of the molecule is CC1(C)OB(c2ccc(O)cc2)OC1(C)C.CC1(C)OB(c2ccc(OC(=O)N3CCOCC3)cc2)OC1(C)C. The number of aromatic hydroxyl groups is 1. The Balaban J connectivity index is 0.000000201. The smallest absolute Gasteiger partial charge is 0.494 e. The van der Waals surface area contributed by atoms with E-state index in [0.717, 1.165) is 10.9 Å². The number of phenolic OH excluding ortho intramolecular Hbond substituents is 1. The average molecular weight is 553 g/mol. The molecule has 0 aromatic heterocycles. The molecule has 3 saturated heterocycles. The first-order valence-corrected chi connectivity index (χ1v) is 13.7. The minimum atomic E-state index is -0.418. The Morgan fingerprint density at radius 3 is 1.48 bits per heavy atom. The van der Waals surface area contributed by atoms with Gasteiger partial charge in [-0.3, -0.25) is 0 Å². The van der Waals surface area contributed by atoms with E-state index in [4.69, 9.17) is 28.1 Å². The van der Waals surface area contributed by atoms with E-state index in [-0.39, 0.29) is 41.4 Å². The summed E-state index contributed by atoms with van der Waals surface area (Å²) in [5.74, 6) is 0.757. The molecule has 5 rings (SSSR count). The van der Waals surface area contributed by atoms with Gasteiger partial charge in [-0.1, -0.05) is 24.3 Å². The summed E-state index contributed by atoms with van der Waals surface area (Å²) >= 11 is 0. The quantitative estimate of drug-likeness (QED) is 0.578. The number of phenols is 1. The predicted octanol–water partition coefficient (Wildman–Crippen LogP) is 3.51. The van der Waals surface area contributed by atoms with Gasteiger partial charge in [0.2, 0.25) is 0 Å². The van der Waals surface area contributed by atoms with E-state index in [2.05, 4.69) is 0 Å². The molecule has 0 radical (unpaired) electrons. The molecule has 2 aromatic rings. The summed E-state index contributed by atoms with van der Waals surface area (Å²) in [4.78, 5) is 13.7. The maximum Gasteiger partial charge on any atom is 0.494 e. The number of hydrogen-bond donors (Lipinski definition) is 1. The predicted molar refractivity (Wildman–Crippen MR) is 154 cm³/mol. The van der Waals surface area contributed by atoms with E-state index in [9.17, 15) is 9.90 Å². The van der Waals surface area contributed by atoms with E-state index in [1.807, 2.05) is 79.7 Å². The van der Waals surface area contributed by atoms with Crippen molar-refractivity contribution in [3.63, 3.8) is 0 Å². The van der Waals surface area contributed by atoms with Crippen LogP contribution in [0.1, 0.15) is 55.4 Å². The largest absolute Gasteiger partial charge is 0.508 e. The Bertz CT molecular complexity index is 1130. The number of hydrogen-bond acceptors (Lipinski definition) is 8. The Hall–Kier alpha value is -2.56. The van der Waals surface area contributed by atoms with Gasteiger partial charge in [0.15, 0.2) is 0 Å². The monoisotopic (exact) mass is 553 g/mol. The number of carbonyl (C=O) groups is 1. The van der Waals surface area contributed by atoms with Crippen LogP contribution in [-0.2, 0) is 23.4 Å². The Labute approximate surface area is 238 Å². The molecular weight excluding hydrogens is 512 g/mol. The lowest BCUT2D eigenvalue weighted by Gasteiger charge is -2.32. The number of rotatable bonds is 3. The molecule has 3 aliphatic rings. The summed E-state index contributed by atoms with van der Waals surface area (Å²) in [6, 6.07) is 14.2. The zero-order valence-corrected chi connectivity index (χ0v) is 24.9. The van der Waals surface area contributed by atoms with Crippen LogP contribution in [0, 0.1) is 0 Å². The lowest BCUT2D eigenvalue weighted by atomic mass is 9.79. The highest BCUT2D eigenvalue weighted by Gasteiger charge is 2.52. The lowest BCUT2D eigenvalue weighted by Crippen LogP contribution is -2.42. The molecular formula is C29H41B2NO8. The van der Waals surface area contributed by atoms with E-state index < -0.39 is 7.12 Å². The molecule has 0 saturated carbocycles. The fraction of sp³-hybridized carbons (Fsp3) is 0.552. The van der Waals surface area contributed by atoms with Crippen molar-refractivity contribution in [2.24, 2.45) is 0 Å². The molecule has 0 unspecified atom stereocenters. The third-order valence-electron chi connectivity index (χ3n) is 8.30. The number of morpholine rings is 1. The molecule has 1 amide bonds. The van der Waals surface area contributed by atoms with Crippen molar-refractivity contribution in [3.05, 3.63) is 48.5 Å². The van der Waals surface area contributed by atoms with Crippen LogP contribution in [0.15, 0.2) is 48.5 Å². The van der Waals surface area contributed by atoms with Gasteiger partial charge in [0, 0.05) is 13.1 Å². The van der Waals surface area contributed by atoms with Crippen molar-refractivity contribution in [1.29, 1.82) is 0 Å². The minimum Gasteiger partial charge on any atom is -0.508 e. The second-order valence-electron chi connectivity index (χ2n) is 12.3. The topological polar surface area (TPSA) is 95.9 Å². The van der Waals surface area contributed by atoms with Gasteiger partial charge in [-0.2, -0.15) is 0 Å². The standard InChI is InChI=1S/C17H24BNO5.C12H17BO3/c1-16(2)17(3,4)24-18(23-16)13-5-7-14(8-6-13)22-15(20)19-9-11-21-12-10-19;1-11(2)12(3,4)16-13(15-11)9-5-7-10(14)8-6-9/h5-8H,9-12H2,1-4H3;5-8,14H,1-4H3. The average Bonchev–Trinajstić information content (AvgIpc) is 3.25. The van der Waals surface area contributed by atoms with E-state index in [1.165, 1.54) is 0 Å². The van der Waals surface area contributed by atoms with Gasteiger partial charge in [-0.25, -0.2) is 4.79 Å². The van der Waals surface area contributed by atoms with Gasteiger partial charge in [0.1, 0.15) is 11.5 Å². The molecule has 0 atom stereocenters. The second kappa shape index (κ2) is 11.4. The van der Waals surface area contributed by atoms with Gasteiger partial charge < -0.3 is 38.1 Å². The fourth-order valence-corrected chi connectivity index (χ4v) is 4.19. The molecule has 216 valence electrons. The molecule has 1 N–H and O–H groups in total. The van der Waals surface area contributed by atoms with Crippen molar-refractivity contribution in [2.75, 3.05) is 26.3 Å². The maximum absolute atomic E-state index is 12.1. The van der Waals surface area contributed by atoms with Gasteiger partial charge in [-0.15, -0.1) is 0 Å². The molecule has 9 nitrogen and oxygen atoms in total. The van der Waals surface area contributed by atoms with Gasteiger partial charge in [0.05, 0.1) is 35.6 Å². The number of ether oxygens (including phenoxy) is 2. The van der Waals surface area contributed by atoms with Crippen LogP contribution in [0.4, 0.5) is 4.79 Å². The zero-order chi connectivity index (χ0) is 29.3. The van der Waals surface area contributed by atoms with Gasteiger partial charge >= 0.3 is 20.3 Å². The number of amides is 1. The van der Waals surface area contributed by atoms with Gasteiger partial charge in [0.25, 0.3) is 0 Å². The van der Waals surface area contributed by atoms with Crippen LogP contribution in [0.2, 0.25) is 0 Å². The van der Waals surface area contributed by atoms with Crippen LogP contribution in [0.3, 0.4) is 0 Å². The molecule has 3 aliphatic heterocycles. The van der Waals surface area contributed by atoms with Crippen LogP contribution in [0.5, 0.6) is 11.5 Å². The molecule has 2 aromatic carbocycles. The Morgan fingerprint density at radius 1 is 0.700 bits per heavy atom. The van der Waals surface area contributed by atoms with Crippen molar-refractivity contribution < 1.29 is 38.0 Å². The summed E-state index contributed by atoms with van der Waals surface area (Å²) in [6.45, 7) is 18.4. The first kappa shape index (κ1) is 30.4. The van der Waals surface area contributed by atoms with Crippen molar-refractivity contribution in [2.45, 2.75) is 77.8 Å². The van der Waals surface area contributed by atoms with E-state index in [0.29, 0.717) is 32.1 Å². The number of benzene rings is 2. The third kappa shape index (κ3) is 6.66. The first-order chi connectivity index (χ1) is 18.6. The highest BCUT2D eigenvalue weighted by molar-refractivity contribution is 6.62. The summed E-state index contributed by atoms with van der Waals surface area (Å²) in [6.07, 6.45) is -0.346. The second-order valence-corrected chi connectivity index (χ2v) is 12.3. The Kier molecular flexibility index (Phi) is 8.64. The lowest BCUT2D eigenvalue weighted by molar-refractivity contribution is 0.00578. The van der Waals surface area contributed by atoms with Crippen molar-refractivity contribution >= 4 is 31.3 Å². The summed E-state index contributed by atoms with van der Waals surface area (Å²) in [5.41, 5.74) is 0.430. The zero-order valence-electron chi connectivity index (χ0n) is 24.9. The normalized spacial score (nSPS) is 22.4. The third-order valence-corrected chi connectivity index (χ3v) is 8.30. The number of carbonyl (C=O) groups excluding carboxylic acids is 1. The molecule has 3 fully saturated rings. The van der Waals surface area contributed by atoms with Crippen LogP contribution < -0.4 is 15.7 Å². The van der Waals surface area contributed by atoms with Crippen molar-refractivity contribution in [3.8, 4) is 11.5 Å². The molecule has 40 heavy (non-hydrogen) atoms. The highest BCUT2D eigenvalue weighted by Crippen LogP contribution is 2.37. The van der Waals surface area contributed by atoms with Crippen LogP contribution in [0.25, 0.3) is 0 Å². The molecule has 0 spiro atoms. The highest BCUT2D eigenvalue weighted by atomic mass is 16.7. The Morgan fingerprint density at radius 2 is 1.07 bits per heavy atom. The van der Waals surface area contributed by atoms with Crippen LogP contribution in [-0.4, -0.2) is 79.0 Å². The van der Waals surface area contributed by atoms with E-state index >= 15 is 0 Å². The summed E-state index contributed by atoms with van der Waals surface area (Å²) in [7, 11) is -0.774. The molecule has 0 aliphatic carbocycles. The minimum absolute atomic E-state index is 0.250.